The molecule has 0 saturated carbocycles. The van der Waals surface area contributed by atoms with Gasteiger partial charge in [-0.2, -0.15) is 0 Å². The molecule has 0 radical (unpaired) electrons. The van der Waals surface area contributed by atoms with E-state index in [1.54, 1.807) is 0 Å². The fraction of sp³-hybridized carbons (Fsp3) is 0.824. The molecule has 5 heteroatoms. The van der Waals surface area contributed by atoms with E-state index in [0.717, 1.165) is 76.8 Å². The van der Waals surface area contributed by atoms with E-state index in [2.05, 4.69) is 38.2 Å². The molecule has 0 heterocycles. The van der Waals surface area contributed by atoms with Crippen LogP contribution in [0.15, 0.2) is 24.3 Å². The molecule has 0 fully saturated rings. The van der Waals surface area contributed by atoms with Gasteiger partial charge < -0.3 is 23.8 Å². The number of carbonyl (C=O) groups is 2. The predicted octanol–water partition coefficient (Wildman–Crippen LogP) is 9.82. The smallest absolute Gasteiger partial charge is 0.180 e. The average molecular weight is 551 g/mol. The maximum atomic E-state index is 10.4. The van der Waals surface area contributed by atoms with Gasteiger partial charge in [0.2, 0.25) is 0 Å². The van der Waals surface area contributed by atoms with E-state index >= 15 is 0 Å². The van der Waals surface area contributed by atoms with E-state index in [-0.39, 0.29) is 0 Å². The van der Waals surface area contributed by atoms with Crippen LogP contribution in [0.1, 0.15) is 155 Å². The Hall–Kier alpha value is -1.30. The van der Waals surface area contributed by atoms with Gasteiger partial charge in [0.05, 0.1) is 13.2 Å². The average Bonchev–Trinajstić information content (AvgIpc) is 2.94. The van der Waals surface area contributed by atoms with Crippen molar-refractivity contribution in [3.63, 3.8) is 0 Å². The summed E-state index contributed by atoms with van der Waals surface area (Å²) in [6, 6.07) is 0. The lowest BCUT2D eigenvalue weighted by molar-refractivity contribution is -0.208. The van der Waals surface area contributed by atoms with Crippen molar-refractivity contribution in [2.75, 3.05) is 13.2 Å². The molecule has 0 N–H and O–H groups in total. The summed E-state index contributed by atoms with van der Waals surface area (Å²) in [5.41, 5.74) is 0. The van der Waals surface area contributed by atoms with Gasteiger partial charge in [-0.05, 0) is 63.5 Å². The first-order valence-corrected chi connectivity index (χ1v) is 16.4. The molecular weight excluding hydrogens is 488 g/mol. The van der Waals surface area contributed by atoms with Gasteiger partial charge in [0.25, 0.3) is 0 Å². The summed E-state index contributed by atoms with van der Waals surface area (Å²) in [6.45, 7) is 5.84. The SMILES string of the molecule is CCCCCCOC(C=CCCCCCCCC=O)OC(C=CCCCCCCCC=O)OCCCCCC. The minimum atomic E-state index is -0.401. The van der Waals surface area contributed by atoms with Gasteiger partial charge in [-0.15, -0.1) is 0 Å². The van der Waals surface area contributed by atoms with Crippen molar-refractivity contribution in [1.82, 2.24) is 0 Å². The quantitative estimate of drug-likeness (QED) is 0.0361. The highest BCUT2D eigenvalue weighted by molar-refractivity contribution is 5.49. The molecule has 5 nitrogen and oxygen atoms in total. The molecule has 228 valence electrons. The molecule has 0 rings (SSSR count). The maximum absolute atomic E-state index is 10.4. The molecular formula is C34H62O5. The van der Waals surface area contributed by atoms with Gasteiger partial charge >= 0.3 is 0 Å². The van der Waals surface area contributed by atoms with Crippen molar-refractivity contribution in [2.45, 2.75) is 168 Å². The molecule has 0 aromatic rings. The van der Waals surface area contributed by atoms with Crippen molar-refractivity contribution >= 4 is 12.6 Å². The Morgan fingerprint density at radius 3 is 1.21 bits per heavy atom. The van der Waals surface area contributed by atoms with E-state index in [1.165, 1.54) is 64.2 Å². The predicted molar refractivity (Wildman–Crippen MR) is 164 cm³/mol. The molecule has 0 aromatic carbocycles. The molecule has 2 unspecified atom stereocenters. The van der Waals surface area contributed by atoms with Crippen LogP contribution in [0.2, 0.25) is 0 Å². The third-order valence-corrected chi connectivity index (χ3v) is 6.80. The Morgan fingerprint density at radius 1 is 0.462 bits per heavy atom. The van der Waals surface area contributed by atoms with Crippen molar-refractivity contribution in [1.29, 1.82) is 0 Å². The summed E-state index contributed by atoms with van der Waals surface area (Å²) < 4.78 is 18.6. The number of unbranched alkanes of at least 4 members (excludes halogenated alkanes) is 18. The van der Waals surface area contributed by atoms with Crippen molar-refractivity contribution in [2.24, 2.45) is 0 Å². The van der Waals surface area contributed by atoms with E-state index in [1.807, 2.05) is 0 Å². The molecule has 0 aliphatic carbocycles. The Kier molecular flexibility index (Phi) is 31.8. The lowest BCUT2D eigenvalue weighted by atomic mass is 10.1. The Balaban J connectivity index is 4.75. The highest BCUT2D eigenvalue weighted by Gasteiger charge is 2.13. The van der Waals surface area contributed by atoms with Crippen LogP contribution in [-0.4, -0.2) is 38.4 Å². The van der Waals surface area contributed by atoms with E-state index < -0.39 is 12.6 Å². The first kappa shape index (κ1) is 37.7. The number of allylic oxidation sites excluding steroid dienone is 2. The molecule has 0 amide bonds. The van der Waals surface area contributed by atoms with Gasteiger partial charge in [0.1, 0.15) is 12.6 Å². The molecule has 0 bridgehead atoms. The number of carbonyl (C=O) groups excluding carboxylic acids is 2. The summed E-state index contributed by atoms with van der Waals surface area (Å²) in [5.74, 6) is 0. The van der Waals surface area contributed by atoms with Crippen LogP contribution in [-0.2, 0) is 23.8 Å². The second-order valence-corrected chi connectivity index (χ2v) is 10.6. The Labute approximate surface area is 241 Å². The van der Waals surface area contributed by atoms with Gasteiger partial charge in [-0.1, -0.05) is 103 Å². The lowest BCUT2D eigenvalue weighted by Crippen LogP contribution is -2.25. The van der Waals surface area contributed by atoms with Gasteiger partial charge in [0, 0.05) is 12.8 Å². The monoisotopic (exact) mass is 550 g/mol. The highest BCUT2D eigenvalue weighted by atomic mass is 16.8. The second-order valence-electron chi connectivity index (χ2n) is 10.6. The lowest BCUT2D eigenvalue weighted by Gasteiger charge is -2.22. The van der Waals surface area contributed by atoms with E-state index in [0.29, 0.717) is 26.1 Å². The number of hydrogen-bond donors (Lipinski definition) is 0. The van der Waals surface area contributed by atoms with Crippen LogP contribution in [0.25, 0.3) is 0 Å². The third kappa shape index (κ3) is 29.5. The minimum Gasteiger partial charge on any atom is -0.349 e. The molecule has 0 aliphatic rings. The molecule has 39 heavy (non-hydrogen) atoms. The highest BCUT2D eigenvalue weighted by Crippen LogP contribution is 2.13. The van der Waals surface area contributed by atoms with E-state index in [4.69, 9.17) is 14.2 Å². The zero-order valence-electron chi connectivity index (χ0n) is 25.6. The Morgan fingerprint density at radius 2 is 0.821 bits per heavy atom. The van der Waals surface area contributed by atoms with Crippen LogP contribution < -0.4 is 0 Å². The summed E-state index contributed by atoms with van der Waals surface area (Å²) >= 11 is 0. The Bertz CT molecular complexity index is 512. The van der Waals surface area contributed by atoms with Crippen LogP contribution >= 0.6 is 0 Å². The summed E-state index contributed by atoms with van der Waals surface area (Å²) in [4.78, 5) is 20.9. The fourth-order valence-corrected chi connectivity index (χ4v) is 4.32. The number of ether oxygens (including phenoxy) is 3. The van der Waals surface area contributed by atoms with Gasteiger partial charge in [-0.25, -0.2) is 0 Å². The summed E-state index contributed by atoms with van der Waals surface area (Å²) in [6.07, 6.45) is 33.8. The number of aldehydes is 2. The van der Waals surface area contributed by atoms with E-state index in [9.17, 15) is 9.59 Å². The second kappa shape index (κ2) is 32.9. The first-order chi connectivity index (χ1) is 19.3. The van der Waals surface area contributed by atoms with Gasteiger partial charge in [-0.3, -0.25) is 0 Å². The number of rotatable bonds is 32. The summed E-state index contributed by atoms with van der Waals surface area (Å²) in [5, 5.41) is 0. The minimum absolute atomic E-state index is 0.401. The van der Waals surface area contributed by atoms with Crippen LogP contribution in [0.4, 0.5) is 0 Å². The molecule has 0 spiro atoms. The molecule has 0 aromatic heterocycles. The van der Waals surface area contributed by atoms with Crippen molar-refractivity contribution in [3.05, 3.63) is 24.3 Å². The van der Waals surface area contributed by atoms with Crippen LogP contribution in [0.5, 0.6) is 0 Å². The molecule has 2 atom stereocenters. The van der Waals surface area contributed by atoms with Crippen LogP contribution in [0, 0.1) is 0 Å². The van der Waals surface area contributed by atoms with Gasteiger partial charge in [0.15, 0.2) is 12.6 Å². The zero-order valence-corrected chi connectivity index (χ0v) is 25.6. The van der Waals surface area contributed by atoms with Crippen molar-refractivity contribution in [3.8, 4) is 0 Å². The van der Waals surface area contributed by atoms with Crippen molar-refractivity contribution < 1.29 is 23.8 Å². The molecule has 0 saturated heterocycles. The summed E-state index contributed by atoms with van der Waals surface area (Å²) in [7, 11) is 0. The largest absolute Gasteiger partial charge is 0.349 e. The van der Waals surface area contributed by atoms with Crippen LogP contribution in [0.3, 0.4) is 0 Å². The standard InChI is InChI=1S/C34H62O5/c1-3-5-7-25-31-37-33(27-21-17-13-9-11-15-19-23-29-35)39-34(38-32-26-8-6-4-2)28-22-18-14-10-12-16-20-24-30-36/h21-22,27-30,33-34H,3-20,23-26,31-32H2,1-2H3. The number of hydrogen-bond acceptors (Lipinski definition) is 5. The third-order valence-electron chi connectivity index (χ3n) is 6.80. The molecule has 0 aliphatic heterocycles. The zero-order chi connectivity index (χ0) is 28.5. The normalized spacial score (nSPS) is 13.4. The first-order valence-electron chi connectivity index (χ1n) is 16.4. The maximum Gasteiger partial charge on any atom is 0.180 e. The topological polar surface area (TPSA) is 61.8 Å². The fourth-order valence-electron chi connectivity index (χ4n) is 4.32.